The van der Waals surface area contributed by atoms with Gasteiger partial charge in [-0.15, -0.1) is 0 Å². The van der Waals surface area contributed by atoms with Crippen LogP contribution in [0.5, 0.6) is 5.75 Å². The Morgan fingerprint density at radius 1 is 1.11 bits per heavy atom. The van der Waals surface area contributed by atoms with Crippen LogP contribution in [0.4, 0.5) is 18.9 Å². The number of aliphatic hydroxyl groups is 1. The van der Waals surface area contributed by atoms with Gasteiger partial charge in [0.25, 0.3) is 0 Å². The zero-order valence-corrected chi connectivity index (χ0v) is 19.7. The molecule has 6 nitrogen and oxygen atoms in total. The summed E-state index contributed by atoms with van der Waals surface area (Å²) in [5.74, 6) is 0.0668. The minimum atomic E-state index is -4.28. The van der Waals surface area contributed by atoms with Crippen LogP contribution in [0.1, 0.15) is 36.6 Å². The highest BCUT2D eigenvalue weighted by atomic mass is 19.4. The van der Waals surface area contributed by atoms with Crippen LogP contribution in [0.25, 0.3) is 28.0 Å². The van der Waals surface area contributed by atoms with Gasteiger partial charge < -0.3 is 15.5 Å². The molecule has 0 amide bonds. The second kappa shape index (κ2) is 9.48. The fraction of sp³-hybridized carbons (Fsp3) is 0.296. The molecule has 0 radical (unpaired) electrons. The van der Waals surface area contributed by atoms with E-state index in [-0.39, 0.29) is 12.3 Å². The molecule has 1 unspecified atom stereocenters. The Labute approximate surface area is 206 Å². The number of benzene rings is 2. The van der Waals surface area contributed by atoms with Gasteiger partial charge >= 0.3 is 6.18 Å². The van der Waals surface area contributed by atoms with Gasteiger partial charge in [-0.1, -0.05) is 30.3 Å². The van der Waals surface area contributed by atoms with Crippen molar-refractivity contribution in [3.05, 3.63) is 72.1 Å². The largest absolute Gasteiger partial charge is 0.507 e. The van der Waals surface area contributed by atoms with Crippen LogP contribution in [0, 0.1) is 6.92 Å². The minimum absolute atomic E-state index is 0.0668. The Hall–Kier alpha value is -3.56. The lowest BCUT2D eigenvalue weighted by Crippen LogP contribution is -2.23. The van der Waals surface area contributed by atoms with Crippen LogP contribution < -0.4 is 10.6 Å². The lowest BCUT2D eigenvalue weighted by molar-refractivity contribution is -0.131. The van der Waals surface area contributed by atoms with E-state index in [2.05, 4.69) is 15.6 Å². The van der Waals surface area contributed by atoms with E-state index in [0.29, 0.717) is 28.5 Å². The Bertz CT molecular complexity index is 1400. The van der Waals surface area contributed by atoms with Gasteiger partial charge in [-0.05, 0) is 49.1 Å². The number of aryl methyl sites for hydroxylation is 1. The van der Waals surface area contributed by atoms with E-state index in [1.165, 1.54) is 0 Å². The number of anilines is 1. The van der Waals surface area contributed by atoms with Crippen LogP contribution >= 0.6 is 0 Å². The number of hydrogen-bond acceptors (Lipinski definition) is 5. The maximum Gasteiger partial charge on any atom is 0.390 e. The molecule has 1 aliphatic rings. The van der Waals surface area contributed by atoms with Crippen LogP contribution in [-0.4, -0.2) is 38.4 Å². The predicted octanol–water partition coefficient (Wildman–Crippen LogP) is 5.79. The molecule has 1 aliphatic carbocycles. The summed E-state index contributed by atoms with van der Waals surface area (Å²) in [6.45, 7) is 1.63. The molecule has 4 N–H and O–H groups in total. The molecule has 36 heavy (non-hydrogen) atoms. The van der Waals surface area contributed by atoms with Crippen LogP contribution in [0.15, 0.2) is 60.9 Å². The van der Waals surface area contributed by atoms with E-state index >= 15 is 0 Å². The van der Waals surface area contributed by atoms with Crippen LogP contribution in [0.3, 0.4) is 0 Å². The van der Waals surface area contributed by atoms with Crippen molar-refractivity contribution in [1.29, 1.82) is 0 Å². The van der Waals surface area contributed by atoms with Gasteiger partial charge in [-0.2, -0.15) is 13.2 Å². The summed E-state index contributed by atoms with van der Waals surface area (Å²) in [5.41, 5.74) is 5.38. The number of imidazole rings is 1. The molecular weight excluding hydrogens is 469 g/mol. The summed E-state index contributed by atoms with van der Waals surface area (Å²) >= 11 is 0. The lowest BCUT2D eigenvalue weighted by Gasteiger charge is -2.16. The van der Waals surface area contributed by atoms with Gasteiger partial charge in [0, 0.05) is 35.5 Å². The summed E-state index contributed by atoms with van der Waals surface area (Å²) in [6, 6.07) is 14.6. The van der Waals surface area contributed by atoms with Gasteiger partial charge in [0.2, 0.25) is 0 Å². The SMILES string of the molecule is Cc1cc(-c2cnc3c(NCCC(F)(F)F)cc(-c4ccccc4O)cn23)ccc1C(O)NC1CC1. The molecule has 2 aromatic carbocycles. The summed E-state index contributed by atoms with van der Waals surface area (Å²) < 4.78 is 40.1. The highest BCUT2D eigenvalue weighted by Gasteiger charge is 2.27. The second-order valence-electron chi connectivity index (χ2n) is 9.20. The van der Waals surface area contributed by atoms with E-state index in [0.717, 1.165) is 35.2 Å². The average molecular weight is 497 g/mol. The Balaban J connectivity index is 1.56. The number of para-hydroxylation sites is 1. The van der Waals surface area contributed by atoms with Gasteiger partial charge in [-0.3, -0.25) is 9.72 Å². The number of fused-ring (bicyclic) bond motifs is 1. The first kappa shape index (κ1) is 24.1. The molecule has 2 heterocycles. The maximum absolute atomic E-state index is 12.8. The molecular formula is C27H27F3N4O2. The van der Waals surface area contributed by atoms with Crippen molar-refractivity contribution in [2.45, 2.75) is 44.6 Å². The van der Waals surface area contributed by atoms with E-state index in [1.54, 1.807) is 36.5 Å². The molecule has 4 aromatic rings. The normalized spacial score (nSPS) is 14.8. The number of halogens is 3. The Kier molecular flexibility index (Phi) is 6.36. The number of alkyl halides is 3. The number of rotatable bonds is 8. The fourth-order valence-electron chi connectivity index (χ4n) is 4.34. The third-order valence-electron chi connectivity index (χ3n) is 6.38. The third kappa shape index (κ3) is 5.17. The smallest absolute Gasteiger partial charge is 0.390 e. The van der Waals surface area contributed by atoms with Crippen molar-refractivity contribution in [3.8, 4) is 28.1 Å². The van der Waals surface area contributed by atoms with E-state index < -0.39 is 18.8 Å². The Morgan fingerprint density at radius 2 is 1.89 bits per heavy atom. The molecule has 0 saturated heterocycles. The summed E-state index contributed by atoms with van der Waals surface area (Å²) in [4.78, 5) is 4.50. The lowest BCUT2D eigenvalue weighted by atomic mass is 10.0. The fourth-order valence-corrected chi connectivity index (χ4v) is 4.34. The highest BCUT2D eigenvalue weighted by Crippen LogP contribution is 2.35. The minimum Gasteiger partial charge on any atom is -0.507 e. The first-order chi connectivity index (χ1) is 17.2. The van der Waals surface area contributed by atoms with Crippen molar-refractivity contribution < 1.29 is 23.4 Å². The van der Waals surface area contributed by atoms with Crippen LogP contribution in [-0.2, 0) is 0 Å². The van der Waals surface area contributed by atoms with Crippen LogP contribution in [0.2, 0.25) is 0 Å². The molecule has 2 aromatic heterocycles. The number of phenols is 1. The zero-order valence-electron chi connectivity index (χ0n) is 19.7. The molecule has 5 rings (SSSR count). The standard InChI is InChI=1S/C27H27F3N4O2/c1-16-12-17(6-9-20(16)26(36)33-19-7-8-19)23-14-32-25-22(31-11-10-27(28,29)30)13-18(15-34(23)25)21-4-2-3-5-24(21)35/h2-6,9,12-15,19,26,31,33,35-36H,7-8,10-11H2,1H3. The summed E-state index contributed by atoms with van der Waals surface area (Å²) in [5, 5.41) is 27.0. The number of nitrogens with zero attached hydrogens (tertiary/aromatic N) is 2. The molecule has 9 heteroatoms. The Morgan fingerprint density at radius 3 is 2.58 bits per heavy atom. The number of hydrogen-bond donors (Lipinski definition) is 4. The van der Waals surface area contributed by atoms with Crippen molar-refractivity contribution >= 4 is 11.3 Å². The molecule has 188 valence electrons. The number of pyridine rings is 1. The molecule has 0 aliphatic heterocycles. The topological polar surface area (TPSA) is 81.8 Å². The molecule has 0 bridgehead atoms. The third-order valence-corrected chi connectivity index (χ3v) is 6.38. The molecule has 1 saturated carbocycles. The number of phenolic OH excluding ortho intramolecular Hbond substituents is 1. The molecule has 1 atom stereocenters. The quantitative estimate of drug-likeness (QED) is 0.232. The maximum atomic E-state index is 12.8. The number of aromatic hydroxyl groups is 1. The van der Waals surface area contributed by atoms with Crippen molar-refractivity contribution in [2.24, 2.45) is 0 Å². The van der Waals surface area contributed by atoms with Gasteiger partial charge in [-0.25, -0.2) is 4.98 Å². The average Bonchev–Trinajstić information content (AvgIpc) is 3.53. The predicted molar refractivity (Wildman–Crippen MR) is 133 cm³/mol. The first-order valence-corrected chi connectivity index (χ1v) is 11.8. The van der Waals surface area contributed by atoms with Crippen molar-refractivity contribution in [3.63, 3.8) is 0 Å². The van der Waals surface area contributed by atoms with Crippen molar-refractivity contribution in [1.82, 2.24) is 14.7 Å². The van der Waals surface area contributed by atoms with E-state index in [4.69, 9.17) is 0 Å². The van der Waals surface area contributed by atoms with E-state index in [9.17, 15) is 23.4 Å². The summed E-state index contributed by atoms with van der Waals surface area (Å²) in [6.07, 6.45) is -0.391. The van der Waals surface area contributed by atoms with E-state index in [1.807, 2.05) is 35.7 Å². The monoisotopic (exact) mass is 496 g/mol. The van der Waals surface area contributed by atoms with Gasteiger partial charge in [0.15, 0.2) is 5.65 Å². The number of aliphatic hydroxyl groups excluding tert-OH is 1. The number of aromatic nitrogens is 2. The number of nitrogens with one attached hydrogen (secondary N) is 2. The molecule has 1 fully saturated rings. The first-order valence-electron chi connectivity index (χ1n) is 11.8. The van der Waals surface area contributed by atoms with Crippen molar-refractivity contribution in [2.75, 3.05) is 11.9 Å². The highest BCUT2D eigenvalue weighted by molar-refractivity contribution is 5.81. The second-order valence-corrected chi connectivity index (χ2v) is 9.20. The van der Waals surface area contributed by atoms with Gasteiger partial charge in [0.05, 0.1) is 24.0 Å². The van der Waals surface area contributed by atoms with Gasteiger partial charge in [0.1, 0.15) is 12.0 Å². The summed E-state index contributed by atoms with van der Waals surface area (Å²) in [7, 11) is 0. The molecule has 0 spiro atoms. The zero-order chi connectivity index (χ0) is 25.4.